The van der Waals surface area contributed by atoms with Gasteiger partial charge >= 0.3 is 0 Å². The Morgan fingerprint density at radius 3 is 2.60 bits per heavy atom. The van der Waals surface area contributed by atoms with E-state index in [4.69, 9.17) is 5.73 Å². The van der Waals surface area contributed by atoms with E-state index in [-0.39, 0.29) is 11.8 Å². The largest absolute Gasteiger partial charge is 0.356 e. The van der Waals surface area contributed by atoms with Crippen LogP contribution in [0.2, 0.25) is 0 Å². The van der Waals surface area contributed by atoms with Gasteiger partial charge in [-0.25, -0.2) is 0 Å². The molecule has 0 aromatic rings. The summed E-state index contributed by atoms with van der Waals surface area (Å²) in [7, 11) is 0. The summed E-state index contributed by atoms with van der Waals surface area (Å²) in [6, 6.07) is 0. The summed E-state index contributed by atoms with van der Waals surface area (Å²) in [5.74, 6) is 1.72. The summed E-state index contributed by atoms with van der Waals surface area (Å²) in [4.78, 5) is 11.7. The van der Waals surface area contributed by atoms with Gasteiger partial charge in [0, 0.05) is 13.1 Å². The molecule has 0 rings (SSSR count). The smallest absolute Gasteiger partial charge is 0.224 e. The third-order valence-electron chi connectivity index (χ3n) is 2.24. The summed E-state index contributed by atoms with van der Waals surface area (Å²) >= 11 is 1.80. The first kappa shape index (κ1) is 14.8. The average molecular weight is 232 g/mol. The fourth-order valence-corrected chi connectivity index (χ4v) is 1.88. The molecule has 4 heteroatoms. The van der Waals surface area contributed by atoms with Gasteiger partial charge in [-0.1, -0.05) is 13.8 Å². The minimum absolute atomic E-state index is 0.0146. The van der Waals surface area contributed by atoms with Crippen molar-refractivity contribution < 1.29 is 4.79 Å². The van der Waals surface area contributed by atoms with Crippen molar-refractivity contribution in [1.82, 2.24) is 5.32 Å². The van der Waals surface area contributed by atoms with Crippen molar-refractivity contribution in [3.63, 3.8) is 0 Å². The average Bonchev–Trinajstić information content (AvgIpc) is 2.20. The van der Waals surface area contributed by atoms with Crippen LogP contribution in [0.1, 0.15) is 26.7 Å². The van der Waals surface area contributed by atoms with Crippen LogP contribution in [0, 0.1) is 11.8 Å². The molecule has 0 aliphatic rings. The summed E-state index contributed by atoms with van der Waals surface area (Å²) in [5.41, 5.74) is 5.59. The molecule has 0 radical (unpaired) electrons. The quantitative estimate of drug-likeness (QED) is 0.623. The van der Waals surface area contributed by atoms with Crippen molar-refractivity contribution in [2.24, 2.45) is 17.6 Å². The minimum atomic E-state index is -0.0146. The second-order valence-electron chi connectivity index (χ2n) is 4.20. The first-order valence-electron chi connectivity index (χ1n) is 5.58. The molecule has 0 saturated carbocycles. The van der Waals surface area contributed by atoms with E-state index >= 15 is 0 Å². The van der Waals surface area contributed by atoms with Crippen LogP contribution >= 0.6 is 11.8 Å². The zero-order chi connectivity index (χ0) is 11.7. The number of carbonyl (C=O) groups is 1. The highest BCUT2D eigenvalue weighted by atomic mass is 32.2. The highest BCUT2D eigenvalue weighted by Crippen LogP contribution is 2.10. The van der Waals surface area contributed by atoms with Gasteiger partial charge in [0.1, 0.15) is 0 Å². The standard InChI is InChI=1S/C11H24N2OS/c1-9(2)7-10(8-12)11(14)13-5-4-6-15-3/h9-10H,4-8,12H2,1-3H3,(H,13,14). The van der Waals surface area contributed by atoms with E-state index in [0.717, 1.165) is 25.1 Å². The Labute approximate surface area is 97.6 Å². The van der Waals surface area contributed by atoms with Crippen LogP contribution in [0.5, 0.6) is 0 Å². The van der Waals surface area contributed by atoms with Gasteiger partial charge in [0.15, 0.2) is 0 Å². The lowest BCUT2D eigenvalue weighted by molar-refractivity contribution is -0.125. The van der Waals surface area contributed by atoms with Crippen molar-refractivity contribution in [2.75, 3.05) is 25.1 Å². The van der Waals surface area contributed by atoms with Crippen LogP contribution in [0.25, 0.3) is 0 Å². The number of carbonyl (C=O) groups excluding carboxylic acids is 1. The van der Waals surface area contributed by atoms with Gasteiger partial charge in [0.25, 0.3) is 0 Å². The third-order valence-corrected chi connectivity index (χ3v) is 2.93. The highest BCUT2D eigenvalue weighted by Gasteiger charge is 2.17. The van der Waals surface area contributed by atoms with E-state index in [1.54, 1.807) is 11.8 Å². The Kier molecular flexibility index (Phi) is 8.91. The van der Waals surface area contributed by atoms with E-state index in [2.05, 4.69) is 25.4 Å². The van der Waals surface area contributed by atoms with Crippen molar-refractivity contribution >= 4 is 17.7 Å². The maximum absolute atomic E-state index is 11.7. The topological polar surface area (TPSA) is 55.1 Å². The zero-order valence-electron chi connectivity index (χ0n) is 10.1. The fraction of sp³-hybridized carbons (Fsp3) is 0.909. The van der Waals surface area contributed by atoms with E-state index in [0.29, 0.717) is 12.5 Å². The summed E-state index contributed by atoms with van der Waals surface area (Å²) in [6.45, 7) is 5.45. The normalized spacial score (nSPS) is 12.9. The Hall–Kier alpha value is -0.220. The molecular weight excluding hydrogens is 208 g/mol. The minimum Gasteiger partial charge on any atom is -0.356 e. The second-order valence-corrected chi connectivity index (χ2v) is 5.19. The number of nitrogens with two attached hydrogens (primary N) is 1. The van der Waals surface area contributed by atoms with Gasteiger partial charge in [-0.15, -0.1) is 0 Å². The summed E-state index contributed by atoms with van der Waals surface area (Å²) < 4.78 is 0. The molecule has 15 heavy (non-hydrogen) atoms. The lowest BCUT2D eigenvalue weighted by Crippen LogP contribution is -2.36. The number of nitrogens with one attached hydrogen (secondary N) is 1. The van der Waals surface area contributed by atoms with Crippen LogP contribution < -0.4 is 11.1 Å². The summed E-state index contributed by atoms with van der Waals surface area (Å²) in [5, 5.41) is 2.94. The van der Waals surface area contributed by atoms with Crippen LogP contribution in [0.4, 0.5) is 0 Å². The van der Waals surface area contributed by atoms with E-state index in [1.165, 1.54) is 0 Å². The molecule has 0 fully saturated rings. The van der Waals surface area contributed by atoms with Crippen molar-refractivity contribution in [3.05, 3.63) is 0 Å². The van der Waals surface area contributed by atoms with E-state index in [1.807, 2.05) is 0 Å². The van der Waals surface area contributed by atoms with Crippen LogP contribution in [-0.4, -0.2) is 31.0 Å². The molecule has 3 N–H and O–H groups in total. The predicted molar refractivity (Wildman–Crippen MR) is 68.0 cm³/mol. The molecule has 90 valence electrons. The van der Waals surface area contributed by atoms with E-state index < -0.39 is 0 Å². The molecule has 0 aromatic carbocycles. The molecular formula is C11H24N2OS. The first-order valence-corrected chi connectivity index (χ1v) is 6.97. The molecule has 1 amide bonds. The van der Waals surface area contributed by atoms with Gasteiger partial charge < -0.3 is 11.1 Å². The molecule has 0 bridgehead atoms. The second kappa shape index (κ2) is 9.04. The van der Waals surface area contributed by atoms with Gasteiger partial charge in [0.05, 0.1) is 5.92 Å². The number of hydrogen-bond acceptors (Lipinski definition) is 3. The monoisotopic (exact) mass is 232 g/mol. The zero-order valence-corrected chi connectivity index (χ0v) is 10.9. The van der Waals surface area contributed by atoms with Gasteiger partial charge in [0.2, 0.25) is 5.91 Å². The molecule has 1 atom stereocenters. The van der Waals surface area contributed by atoms with Crippen molar-refractivity contribution in [2.45, 2.75) is 26.7 Å². The summed E-state index contributed by atoms with van der Waals surface area (Å²) in [6.07, 6.45) is 3.99. The fourth-order valence-electron chi connectivity index (χ4n) is 1.45. The van der Waals surface area contributed by atoms with Gasteiger partial charge in [-0.2, -0.15) is 11.8 Å². The predicted octanol–water partition coefficient (Wildman–Crippen LogP) is 1.48. The molecule has 3 nitrogen and oxygen atoms in total. The lowest BCUT2D eigenvalue weighted by atomic mass is 9.96. The number of amides is 1. The highest BCUT2D eigenvalue weighted by molar-refractivity contribution is 7.98. The Balaban J connectivity index is 3.73. The Bertz CT molecular complexity index is 174. The van der Waals surface area contributed by atoms with Crippen molar-refractivity contribution in [3.8, 4) is 0 Å². The SMILES string of the molecule is CSCCCNC(=O)C(CN)CC(C)C. The van der Waals surface area contributed by atoms with Crippen LogP contribution in [0.3, 0.4) is 0 Å². The Morgan fingerprint density at radius 2 is 2.13 bits per heavy atom. The molecule has 0 aromatic heterocycles. The number of rotatable bonds is 8. The molecule has 1 unspecified atom stereocenters. The van der Waals surface area contributed by atoms with Gasteiger partial charge in [-0.3, -0.25) is 4.79 Å². The van der Waals surface area contributed by atoms with Gasteiger partial charge in [-0.05, 0) is 30.8 Å². The number of thioether (sulfide) groups is 1. The molecule has 0 saturated heterocycles. The van der Waals surface area contributed by atoms with Crippen molar-refractivity contribution in [1.29, 1.82) is 0 Å². The third kappa shape index (κ3) is 7.68. The molecule has 0 aliphatic carbocycles. The molecule has 0 heterocycles. The maximum Gasteiger partial charge on any atom is 0.224 e. The van der Waals surface area contributed by atoms with E-state index in [9.17, 15) is 4.79 Å². The lowest BCUT2D eigenvalue weighted by Gasteiger charge is -2.16. The number of hydrogen-bond donors (Lipinski definition) is 2. The first-order chi connectivity index (χ1) is 7.11. The molecule has 0 spiro atoms. The van der Waals surface area contributed by atoms with Crippen LogP contribution in [-0.2, 0) is 4.79 Å². The Morgan fingerprint density at radius 1 is 1.47 bits per heavy atom. The van der Waals surface area contributed by atoms with Crippen LogP contribution in [0.15, 0.2) is 0 Å². The molecule has 0 aliphatic heterocycles. The maximum atomic E-state index is 11.7.